The lowest BCUT2D eigenvalue weighted by molar-refractivity contribution is 0.114. The topological polar surface area (TPSA) is 24.8 Å². The predicted octanol–water partition coefficient (Wildman–Crippen LogP) is 0.189. The molecule has 46 valence electrons. The lowest BCUT2D eigenvalue weighted by Gasteiger charge is -2.03. The van der Waals surface area contributed by atoms with Gasteiger partial charge in [-0.25, -0.2) is 4.99 Å². The second kappa shape index (κ2) is 1.98. The molecule has 0 bridgehead atoms. The second-order valence-electron chi connectivity index (χ2n) is 1.49. The Bertz CT molecular complexity index is 113. The molecule has 0 aromatic heterocycles. The highest BCUT2D eigenvalue weighted by molar-refractivity contribution is 5.73. The summed E-state index contributed by atoms with van der Waals surface area (Å²) < 4.78 is 16.7. The molecule has 0 atom stereocenters. The summed E-state index contributed by atoms with van der Waals surface area (Å²) in [5.41, 5.74) is 0. The summed E-state index contributed by atoms with van der Waals surface area (Å²) in [5.74, 6) is 0. The first-order valence-corrected chi connectivity index (χ1v) is 2.37. The number of nitrogens with zero attached hydrogens (tertiary/aromatic N) is 2. The van der Waals surface area contributed by atoms with E-state index < -0.39 is 0 Å². The number of hydrogen-bond acceptors (Lipinski definition) is 3. The number of amidine groups is 1. The Balaban J connectivity index is 2.45. The molecule has 0 saturated heterocycles. The summed E-state index contributed by atoms with van der Waals surface area (Å²) in [7, 11) is 1.25. The summed E-state index contributed by atoms with van der Waals surface area (Å²) in [6.45, 7) is 1.08. The zero-order chi connectivity index (χ0) is 5.98. The van der Waals surface area contributed by atoms with Crippen LogP contribution < -0.4 is 0 Å². The molecule has 0 aromatic carbocycles. The standard InChI is InChI=1S/C4H7FN2O/c1-7(5)4-6-2-3-8-4/h2-3H2,1H3. The largest absolute Gasteiger partial charge is 0.462 e. The monoisotopic (exact) mass is 118 g/mol. The van der Waals surface area contributed by atoms with Crippen molar-refractivity contribution in [2.24, 2.45) is 4.99 Å². The highest BCUT2D eigenvalue weighted by Gasteiger charge is 2.10. The van der Waals surface area contributed by atoms with Gasteiger partial charge in [0.25, 0.3) is 0 Å². The summed E-state index contributed by atoms with van der Waals surface area (Å²) in [6, 6.07) is 0.0880. The molecule has 0 fully saturated rings. The Morgan fingerprint density at radius 1 is 1.88 bits per heavy atom. The van der Waals surface area contributed by atoms with Crippen LogP contribution in [0.3, 0.4) is 0 Å². The molecule has 0 saturated carbocycles. The van der Waals surface area contributed by atoms with Crippen LogP contribution in [0.5, 0.6) is 0 Å². The highest BCUT2D eigenvalue weighted by atomic mass is 19.2. The van der Waals surface area contributed by atoms with Gasteiger partial charge in [0, 0.05) is 7.05 Å². The first-order chi connectivity index (χ1) is 3.80. The Labute approximate surface area is 46.7 Å². The van der Waals surface area contributed by atoms with Crippen molar-refractivity contribution in [3.05, 3.63) is 0 Å². The van der Waals surface area contributed by atoms with Crippen LogP contribution in [0.15, 0.2) is 4.99 Å². The van der Waals surface area contributed by atoms with E-state index in [1.807, 2.05) is 0 Å². The van der Waals surface area contributed by atoms with Gasteiger partial charge in [-0.15, -0.1) is 0 Å². The Morgan fingerprint density at radius 3 is 2.88 bits per heavy atom. The zero-order valence-electron chi connectivity index (χ0n) is 4.59. The van der Waals surface area contributed by atoms with Gasteiger partial charge in [-0.3, -0.25) is 0 Å². The first-order valence-electron chi connectivity index (χ1n) is 2.37. The molecule has 0 aromatic rings. The van der Waals surface area contributed by atoms with E-state index in [-0.39, 0.29) is 6.02 Å². The molecule has 0 N–H and O–H groups in total. The molecule has 4 heteroatoms. The minimum atomic E-state index is 0.0880. The molecule has 0 aliphatic carbocycles. The van der Waals surface area contributed by atoms with Crippen LogP contribution in [0, 0.1) is 0 Å². The normalized spacial score (nSPS) is 17.5. The van der Waals surface area contributed by atoms with Crippen molar-refractivity contribution in [1.29, 1.82) is 0 Å². The molecule has 0 spiro atoms. The molecule has 0 amide bonds. The number of ether oxygens (including phenoxy) is 1. The molecule has 3 nitrogen and oxygen atoms in total. The van der Waals surface area contributed by atoms with Gasteiger partial charge in [0.1, 0.15) is 6.61 Å². The van der Waals surface area contributed by atoms with Crippen LogP contribution in [0.25, 0.3) is 0 Å². The average molecular weight is 118 g/mol. The first kappa shape index (κ1) is 5.34. The Hall–Kier alpha value is -0.800. The van der Waals surface area contributed by atoms with Gasteiger partial charge >= 0.3 is 6.02 Å². The molecule has 1 aliphatic rings. The minimum absolute atomic E-state index is 0.0880. The molecule has 8 heavy (non-hydrogen) atoms. The third-order valence-corrected chi connectivity index (χ3v) is 0.833. The predicted molar refractivity (Wildman–Crippen MR) is 27.1 cm³/mol. The lowest BCUT2D eigenvalue weighted by Crippen LogP contribution is -2.17. The van der Waals surface area contributed by atoms with E-state index in [0.717, 1.165) is 0 Å². The highest BCUT2D eigenvalue weighted by Crippen LogP contribution is 1.97. The van der Waals surface area contributed by atoms with Crippen LogP contribution >= 0.6 is 0 Å². The molecular weight excluding hydrogens is 111 g/mol. The summed E-state index contributed by atoms with van der Waals surface area (Å²) in [4.78, 5) is 3.68. The Kier molecular flexibility index (Phi) is 1.32. The number of aliphatic imine (C=N–C) groups is 1. The fourth-order valence-electron chi connectivity index (χ4n) is 0.510. The lowest BCUT2D eigenvalue weighted by atomic mass is 10.8. The number of halogens is 1. The maximum atomic E-state index is 12.0. The fraction of sp³-hybridized carbons (Fsp3) is 0.750. The van der Waals surface area contributed by atoms with Crippen LogP contribution in [-0.2, 0) is 4.74 Å². The Morgan fingerprint density at radius 2 is 2.62 bits per heavy atom. The summed E-state index contributed by atoms with van der Waals surface area (Å²) in [6.07, 6.45) is 0. The number of hydrogen-bond donors (Lipinski definition) is 0. The SMILES string of the molecule is CN(F)C1=NCCO1. The van der Waals surface area contributed by atoms with Crippen molar-refractivity contribution in [2.45, 2.75) is 0 Å². The van der Waals surface area contributed by atoms with Crippen molar-refractivity contribution in [2.75, 3.05) is 20.2 Å². The van der Waals surface area contributed by atoms with E-state index in [1.165, 1.54) is 7.05 Å². The molecule has 0 radical (unpaired) electrons. The van der Waals surface area contributed by atoms with Gasteiger partial charge in [-0.2, -0.15) is 5.12 Å². The van der Waals surface area contributed by atoms with Crippen LogP contribution in [0.4, 0.5) is 4.48 Å². The van der Waals surface area contributed by atoms with E-state index in [2.05, 4.69) is 4.99 Å². The minimum Gasteiger partial charge on any atom is -0.462 e. The van der Waals surface area contributed by atoms with Gasteiger partial charge in [0.05, 0.1) is 6.54 Å². The van der Waals surface area contributed by atoms with Crippen molar-refractivity contribution >= 4 is 6.02 Å². The van der Waals surface area contributed by atoms with E-state index >= 15 is 0 Å². The van der Waals surface area contributed by atoms with Crippen LogP contribution in [0.2, 0.25) is 0 Å². The van der Waals surface area contributed by atoms with E-state index in [0.29, 0.717) is 18.3 Å². The van der Waals surface area contributed by atoms with Crippen molar-refractivity contribution in [3.63, 3.8) is 0 Å². The maximum absolute atomic E-state index is 12.0. The van der Waals surface area contributed by atoms with Gasteiger partial charge < -0.3 is 4.74 Å². The van der Waals surface area contributed by atoms with E-state index in [9.17, 15) is 4.48 Å². The zero-order valence-corrected chi connectivity index (χ0v) is 4.59. The maximum Gasteiger partial charge on any atom is 0.316 e. The molecule has 1 rings (SSSR count). The molecule has 1 aliphatic heterocycles. The second-order valence-corrected chi connectivity index (χ2v) is 1.49. The van der Waals surface area contributed by atoms with Gasteiger partial charge in [-0.05, 0) is 0 Å². The molecular formula is C4H7FN2O. The van der Waals surface area contributed by atoms with Crippen molar-refractivity contribution in [1.82, 2.24) is 5.12 Å². The van der Waals surface area contributed by atoms with Crippen LogP contribution in [-0.4, -0.2) is 31.3 Å². The average Bonchev–Trinajstić information content (AvgIpc) is 2.12. The molecule has 1 heterocycles. The van der Waals surface area contributed by atoms with Gasteiger partial charge in [0.15, 0.2) is 0 Å². The fourth-order valence-corrected chi connectivity index (χ4v) is 0.510. The summed E-state index contributed by atoms with van der Waals surface area (Å²) in [5, 5.41) is 0.368. The smallest absolute Gasteiger partial charge is 0.316 e. The quantitative estimate of drug-likeness (QED) is 0.424. The number of rotatable bonds is 0. The summed E-state index contributed by atoms with van der Waals surface area (Å²) >= 11 is 0. The van der Waals surface area contributed by atoms with E-state index in [1.54, 1.807) is 0 Å². The van der Waals surface area contributed by atoms with Crippen molar-refractivity contribution < 1.29 is 9.22 Å². The van der Waals surface area contributed by atoms with Crippen LogP contribution in [0.1, 0.15) is 0 Å². The third-order valence-electron chi connectivity index (χ3n) is 0.833. The molecule has 0 unspecified atom stereocenters. The van der Waals surface area contributed by atoms with Crippen molar-refractivity contribution in [3.8, 4) is 0 Å². The van der Waals surface area contributed by atoms with E-state index in [4.69, 9.17) is 4.74 Å². The van der Waals surface area contributed by atoms with Gasteiger partial charge in [-0.1, -0.05) is 4.48 Å². The van der Waals surface area contributed by atoms with Gasteiger partial charge in [0.2, 0.25) is 0 Å². The third kappa shape index (κ3) is 0.882.